The van der Waals surface area contributed by atoms with Crippen LogP contribution < -0.4 is 15.4 Å². The van der Waals surface area contributed by atoms with E-state index in [-0.39, 0.29) is 11.8 Å². The number of ether oxygens (including phenoxy) is 1. The van der Waals surface area contributed by atoms with Gasteiger partial charge >= 0.3 is 5.97 Å². The molecule has 55 heavy (non-hydrogen) atoms. The number of aromatic nitrogens is 2. The van der Waals surface area contributed by atoms with Crippen LogP contribution in [0.2, 0.25) is 0 Å². The SMILES string of the molecule is CCCCCCCOc1ccc(-c2cnc(-c3ccc(C[C@H](NC(=O)c4ccc(C(C)(C)C)s4)C(=O)NC(C(=O)O)C(C)c4ccccc4)cc3)nc2)cc1. The standard InChI is InChI=1S/C45H52N4O5S/c1-6-7-8-9-13-26-54-36-22-20-33(21-23-36)35-28-46-41(47-29-35)34-18-16-31(17-19-34)27-37(48-43(51)38-24-25-39(55-38)45(3,4)5)42(50)49-40(44(52)53)30(2)32-14-11-10-12-15-32/h10-12,14-25,28-30,37,40H,6-9,13,26-27H2,1-5H3,(H,48,51)(H,49,50)(H,52,53)/t30?,37-,40?/m0/s1. The number of hydrogen-bond acceptors (Lipinski definition) is 7. The summed E-state index contributed by atoms with van der Waals surface area (Å²) in [5.41, 5.74) is 4.08. The van der Waals surface area contributed by atoms with Gasteiger partial charge in [-0.1, -0.05) is 127 Å². The number of carbonyl (C=O) groups is 3. The molecule has 2 unspecified atom stereocenters. The molecule has 5 aromatic rings. The first-order valence-electron chi connectivity index (χ1n) is 19.1. The Morgan fingerprint density at radius 2 is 1.44 bits per heavy atom. The third kappa shape index (κ3) is 11.6. The van der Waals surface area contributed by atoms with E-state index in [4.69, 9.17) is 4.74 Å². The van der Waals surface area contributed by atoms with Crippen LogP contribution in [0.5, 0.6) is 5.75 Å². The topological polar surface area (TPSA) is 131 Å². The van der Waals surface area contributed by atoms with Crippen molar-refractivity contribution in [3.63, 3.8) is 0 Å². The molecule has 2 amide bonds. The average Bonchev–Trinajstić information content (AvgIpc) is 3.71. The molecule has 10 heteroatoms. The molecule has 0 aliphatic carbocycles. The van der Waals surface area contributed by atoms with Gasteiger partial charge in [-0.3, -0.25) is 9.59 Å². The molecule has 0 bridgehead atoms. The van der Waals surface area contributed by atoms with E-state index in [1.807, 2.05) is 84.9 Å². The zero-order valence-corrected chi connectivity index (χ0v) is 33.2. The minimum atomic E-state index is -1.21. The Bertz CT molecular complexity index is 1990. The van der Waals surface area contributed by atoms with Crippen molar-refractivity contribution in [3.8, 4) is 28.3 Å². The molecule has 2 aromatic heterocycles. The number of unbranched alkanes of at least 4 members (excludes halogenated alkanes) is 4. The summed E-state index contributed by atoms with van der Waals surface area (Å²) in [7, 11) is 0. The summed E-state index contributed by atoms with van der Waals surface area (Å²) in [6.07, 6.45) is 9.71. The smallest absolute Gasteiger partial charge is 0.326 e. The molecule has 288 valence electrons. The highest BCUT2D eigenvalue weighted by atomic mass is 32.1. The Balaban J connectivity index is 1.27. The van der Waals surface area contributed by atoms with Crippen LogP contribution in [0.4, 0.5) is 0 Å². The van der Waals surface area contributed by atoms with Crippen molar-refractivity contribution in [2.45, 2.75) is 96.6 Å². The largest absolute Gasteiger partial charge is 0.494 e. The van der Waals surface area contributed by atoms with Crippen molar-refractivity contribution in [2.75, 3.05) is 6.61 Å². The summed E-state index contributed by atoms with van der Waals surface area (Å²) in [6.45, 7) is 10.9. The second kappa shape index (κ2) is 19.3. The maximum absolute atomic E-state index is 13.9. The van der Waals surface area contributed by atoms with Crippen LogP contribution in [-0.4, -0.2) is 51.5 Å². The lowest BCUT2D eigenvalue weighted by Gasteiger charge is -2.25. The summed E-state index contributed by atoms with van der Waals surface area (Å²) in [5.74, 6) is -1.25. The van der Waals surface area contributed by atoms with Crippen LogP contribution in [0.1, 0.15) is 98.3 Å². The summed E-state index contributed by atoms with van der Waals surface area (Å²) in [6, 6.07) is 26.1. The number of benzene rings is 3. The van der Waals surface area contributed by atoms with Gasteiger partial charge in [0.05, 0.1) is 11.5 Å². The number of thiophene rings is 1. The van der Waals surface area contributed by atoms with Gasteiger partial charge in [-0.15, -0.1) is 11.3 Å². The first-order valence-corrected chi connectivity index (χ1v) is 19.9. The molecule has 3 aromatic carbocycles. The monoisotopic (exact) mass is 760 g/mol. The fraction of sp³-hybridized carbons (Fsp3) is 0.356. The minimum absolute atomic E-state index is 0.137. The molecule has 0 aliphatic heterocycles. The maximum atomic E-state index is 13.9. The van der Waals surface area contributed by atoms with E-state index in [0.717, 1.165) is 51.5 Å². The van der Waals surface area contributed by atoms with Gasteiger partial charge in [0.25, 0.3) is 5.91 Å². The Morgan fingerprint density at radius 3 is 2.05 bits per heavy atom. The van der Waals surface area contributed by atoms with E-state index in [2.05, 4.69) is 48.3 Å². The molecule has 0 fully saturated rings. The summed E-state index contributed by atoms with van der Waals surface area (Å²) < 4.78 is 5.91. The molecule has 0 spiro atoms. The normalized spacial score (nSPS) is 13.0. The quantitative estimate of drug-likeness (QED) is 0.0760. The predicted octanol–water partition coefficient (Wildman–Crippen LogP) is 9.23. The predicted molar refractivity (Wildman–Crippen MR) is 220 cm³/mol. The van der Waals surface area contributed by atoms with Gasteiger partial charge in [-0.05, 0) is 52.8 Å². The van der Waals surface area contributed by atoms with Crippen LogP contribution >= 0.6 is 11.3 Å². The van der Waals surface area contributed by atoms with Crippen LogP contribution in [0.3, 0.4) is 0 Å². The van der Waals surface area contributed by atoms with E-state index in [9.17, 15) is 19.5 Å². The van der Waals surface area contributed by atoms with Crippen molar-refractivity contribution in [1.82, 2.24) is 20.6 Å². The van der Waals surface area contributed by atoms with Crippen molar-refractivity contribution in [2.24, 2.45) is 0 Å². The lowest BCUT2D eigenvalue weighted by molar-refractivity contribution is -0.142. The molecule has 3 N–H and O–H groups in total. The Labute approximate surface area is 328 Å². The zero-order valence-electron chi connectivity index (χ0n) is 32.4. The lowest BCUT2D eigenvalue weighted by atomic mass is 9.92. The molecule has 3 atom stereocenters. The van der Waals surface area contributed by atoms with Gasteiger partial charge < -0.3 is 20.5 Å². The highest BCUT2D eigenvalue weighted by Gasteiger charge is 2.32. The Morgan fingerprint density at radius 1 is 0.782 bits per heavy atom. The van der Waals surface area contributed by atoms with Crippen LogP contribution in [-0.2, 0) is 21.4 Å². The molecular formula is C45H52N4O5S. The third-order valence-electron chi connectivity index (χ3n) is 9.59. The lowest BCUT2D eigenvalue weighted by Crippen LogP contribution is -2.53. The molecule has 0 saturated heterocycles. The Kier molecular flexibility index (Phi) is 14.3. The van der Waals surface area contributed by atoms with Gasteiger partial charge in [0.15, 0.2) is 5.82 Å². The number of carboxylic acid groups (broad SMARTS) is 1. The summed E-state index contributed by atoms with van der Waals surface area (Å²) in [4.78, 5) is 50.5. The number of carbonyl (C=O) groups excluding carboxylic acids is 2. The van der Waals surface area contributed by atoms with E-state index in [1.165, 1.54) is 37.0 Å². The van der Waals surface area contributed by atoms with Gasteiger partial charge in [-0.2, -0.15) is 0 Å². The number of carboxylic acids is 1. The molecule has 5 rings (SSSR count). The van der Waals surface area contributed by atoms with E-state index in [0.29, 0.717) is 10.7 Å². The third-order valence-corrected chi connectivity index (χ3v) is 11.1. The van der Waals surface area contributed by atoms with Crippen LogP contribution in [0, 0.1) is 0 Å². The number of hydrogen-bond donors (Lipinski definition) is 3. The van der Waals surface area contributed by atoms with Crippen LogP contribution in [0.15, 0.2) is 103 Å². The van der Waals surface area contributed by atoms with Gasteiger partial charge in [-0.25, -0.2) is 14.8 Å². The van der Waals surface area contributed by atoms with Crippen molar-refractivity contribution in [3.05, 3.63) is 124 Å². The van der Waals surface area contributed by atoms with Crippen molar-refractivity contribution >= 4 is 29.1 Å². The van der Waals surface area contributed by atoms with Gasteiger partial charge in [0.2, 0.25) is 5.91 Å². The van der Waals surface area contributed by atoms with Crippen LogP contribution in [0.25, 0.3) is 22.5 Å². The molecular weight excluding hydrogens is 709 g/mol. The molecule has 0 saturated carbocycles. The first kappa shape index (κ1) is 40.8. The zero-order chi connectivity index (χ0) is 39.4. The van der Waals surface area contributed by atoms with E-state index >= 15 is 0 Å². The summed E-state index contributed by atoms with van der Waals surface area (Å²) in [5, 5.41) is 15.7. The molecule has 0 radical (unpaired) electrons. The highest BCUT2D eigenvalue weighted by molar-refractivity contribution is 7.14. The number of rotatable bonds is 18. The Hall–Kier alpha value is -5.35. The molecule has 0 aliphatic rings. The second-order valence-electron chi connectivity index (χ2n) is 14.9. The number of aliphatic carboxylic acids is 1. The molecule has 9 nitrogen and oxygen atoms in total. The molecule has 2 heterocycles. The second-order valence-corrected chi connectivity index (χ2v) is 16.0. The van der Waals surface area contributed by atoms with E-state index in [1.54, 1.807) is 25.4 Å². The van der Waals surface area contributed by atoms with Gasteiger partial charge in [0.1, 0.15) is 17.8 Å². The fourth-order valence-corrected chi connectivity index (χ4v) is 7.16. The maximum Gasteiger partial charge on any atom is 0.326 e. The van der Waals surface area contributed by atoms with E-state index < -0.39 is 35.8 Å². The summed E-state index contributed by atoms with van der Waals surface area (Å²) >= 11 is 1.38. The fourth-order valence-electron chi connectivity index (χ4n) is 6.20. The highest BCUT2D eigenvalue weighted by Crippen LogP contribution is 2.30. The van der Waals surface area contributed by atoms with Crippen molar-refractivity contribution in [1.29, 1.82) is 0 Å². The number of nitrogens with one attached hydrogen (secondary N) is 2. The number of amides is 2. The minimum Gasteiger partial charge on any atom is -0.494 e. The number of nitrogens with zero attached hydrogens (tertiary/aromatic N) is 2. The van der Waals surface area contributed by atoms with Crippen molar-refractivity contribution < 1.29 is 24.2 Å². The van der Waals surface area contributed by atoms with Gasteiger partial charge in [0, 0.05) is 40.7 Å². The first-order chi connectivity index (χ1) is 26.4. The average molecular weight is 761 g/mol.